The van der Waals surface area contributed by atoms with Gasteiger partial charge in [-0.05, 0) is 38.0 Å². The lowest BCUT2D eigenvalue weighted by Crippen LogP contribution is -2.32. The van der Waals surface area contributed by atoms with E-state index in [0.717, 1.165) is 12.1 Å². The number of hydrogen-bond acceptors (Lipinski definition) is 3. The van der Waals surface area contributed by atoms with Crippen molar-refractivity contribution in [2.75, 3.05) is 18.5 Å². The molecular formula is C17H26N4. The van der Waals surface area contributed by atoms with E-state index >= 15 is 0 Å². The Morgan fingerprint density at radius 2 is 1.90 bits per heavy atom. The van der Waals surface area contributed by atoms with E-state index in [9.17, 15) is 0 Å². The molecule has 0 saturated heterocycles. The van der Waals surface area contributed by atoms with Crippen molar-refractivity contribution in [1.29, 1.82) is 0 Å². The molecule has 0 aliphatic rings. The molecule has 0 saturated carbocycles. The van der Waals surface area contributed by atoms with Crippen molar-refractivity contribution < 1.29 is 0 Å². The molecule has 0 spiro atoms. The Morgan fingerprint density at radius 3 is 2.43 bits per heavy atom. The van der Waals surface area contributed by atoms with Gasteiger partial charge in [0.05, 0.1) is 24.3 Å². The summed E-state index contributed by atoms with van der Waals surface area (Å²) in [5.74, 6) is 0. The summed E-state index contributed by atoms with van der Waals surface area (Å²) in [4.78, 5) is 6.53. The second-order valence-corrected chi connectivity index (χ2v) is 5.70. The van der Waals surface area contributed by atoms with Gasteiger partial charge < -0.3 is 15.2 Å². The van der Waals surface area contributed by atoms with Gasteiger partial charge in [0, 0.05) is 25.3 Å². The van der Waals surface area contributed by atoms with Crippen molar-refractivity contribution in [3.8, 4) is 0 Å². The van der Waals surface area contributed by atoms with E-state index < -0.39 is 0 Å². The summed E-state index contributed by atoms with van der Waals surface area (Å²) >= 11 is 0. The Hall–Kier alpha value is -1.81. The summed E-state index contributed by atoms with van der Waals surface area (Å²) in [7, 11) is 2.09. The summed E-state index contributed by atoms with van der Waals surface area (Å²) in [5.41, 5.74) is 9.74. The van der Waals surface area contributed by atoms with E-state index in [1.165, 1.54) is 11.3 Å². The lowest BCUT2D eigenvalue weighted by Gasteiger charge is -2.30. The lowest BCUT2D eigenvalue weighted by atomic mass is 10.1. The van der Waals surface area contributed by atoms with E-state index in [0.29, 0.717) is 12.6 Å². The summed E-state index contributed by atoms with van der Waals surface area (Å²) in [6.07, 6.45) is 4.87. The molecule has 1 aromatic carbocycles. The number of nitrogens with zero attached hydrogens (tertiary/aromatic N) is 3. The average molecular weight is 286 g/mol. The smallest absolute Gasteiger partial charge is 0.0951 e. The van der Waals surface area contributed by atoms with Gasteiger partial charge in [0.15, 0.2) is 0 Å². The zero-order valence-corrected chi connectivity index (χ0v) is 13.5. The highest BCUT2D eigenvalue weighted by atomic mass is 15.2. The van der Waals surface area contributed by atoms with Gasteiger partial charge in [0.25, 0.3) is 0 Å². The Bertz CT molecular complexity index is 556. The monoisotopic (exact) mass is 286 g/mol. The number of benzene rings is 1. The van der Waals surface area contributed by atoms with Gasteiger partial charge in [0.2, 0.25) is 0 Å². The fraction of sp³-hybridized carbons (Fsp3) is 0.471. The van der Waals surface area contributed by atoms with E-state index in [2.05, 4.69) is 66.5 Å². The number of anilines is 1. The van der Waals surface area contributed by atoms with Crippen molar-refractivity contribution in [3.05, 3.63) is 48.0 Å². The third-order valence-electron chi connectivity index (χ3n) is 4.04. The number of rotatable bonds is 6. The van der Waals surface area contributed by atoms with Crippen molar-refractivity contribution in [2.24, 2.45) is 5.73 Å². The van der Waals surface area contributed by atoms with E-state index in [-0.39, 0.29) is 6.04 Å². The third-order valence-corrected chi connectivity index (χ3v) is 4.04. The second kappa shape index (κ2) is 6.76. The van der Waals surface area contributed by atoms with Crippen LogP contribution in [0.1, 0.15) is 44.1 Å². The zero-order valence-electron chi connectivity index (χ0n) is 13.5. The van der Waals surface area contributed by atoms with Crippen LogP contribution in [0.15, 0.2) is 36.8 Å². The second-order valence-electron chi connectivity index (χ2n) is 5.70. The van der Waals surface area contributed by atoms with Gasteiger partial charge in [-0.3, -0.25) is 0 Å². The molecule has 0 aliphatic heterocycles. The number of aryl methyl sites for hydroxylation is 1. The Kier molecular flexibility index (Phi) is 5.02. The number of imidazole rings is 1. The van der Waals surface area contributed by atoms with Gasteiger partial charge in [-0.2, -0.15) is 0 Å². The van der Waals surface area contributed by atoms with Gasteiger partial charge in [-0.1, -0.05) is 19.1 Å². The number of hydrogen-bond donors (Lipinski definition) is 1. The van der Waals surface area contributed by atoms with Crippen LogP contribution in [0.5, 0.6) is 0 Å². The van der Waals surface area contributed by atoms with Crippen LogP contribution in [0.25, 0.3) is 0 Å². The summed E-state index contributed by atoms with van der Waals surface area (Å²) in [5, 5.41) is 0. The molecular weight excluding hydrogens is 260 g/mol. The van der Waals surface area contributed by atoms with E-state index in [4.69, 9.17) is 5.73 Å². The Balaban J connectivity index is 2.29. The van der Waals surface area contributed by atoms with Gasteiger partial charge in [-0.15, -0.1) is 0 Å². The quantitative estimate of drug-likeness (QED) is 0.887. The summed E-state index contributed by atoms with van der Waals surface area (Å²) in [6.45, 7) is 7.05. The minimum atomic E-state index is 0.127. The minimum absolute atomic E-state index is 0.127. The molecule has 114 valence electrons. The number of nitrogens with two attached hydrogens (primary N) is 1. The van der Waals surface area contributed by atoms with Crippen molar-refractivity contribution >= 4 is 5.69 Å². The van der Waals surface area contributed by atoms with Crippen molar-refractivity contribution in [1.82, 2.24) is 9.55 Å². The highest BCUT2D eigenvalue weighted by Gasteiger charge is 2.20. The number of likely N-dealkylation sites (N-methyl/N-ethyl adjacent to an activating group) is 1. The van der Waals surface area contributed by atoms with Crippen LogP contribution in [-0.2, 0) is 6.42 Å². The predicted octanol–water partition coefficient (Wildman–Crippen LogP) is 3.16. The zero-order chi connectivity index (χ0) is 15.4. The Labute approximate surface area is 127 Å². The fourth-order valence-corrected chi connectivity index (χ4v) is 2.63. The molecule has 1 aromatic heterocycles. The van der Waals surface area contributed by atoms with Crippen LogP contribution >= 0.6 is 0 Å². The third kappa shape index (κ3) is 3.27. The first-order valence-corrected chi connectivity index (χ1v) is 7.62. The molecule has 1 unspecified atom stereocenters. The minimum Gasteiger partial charge on any atom is -0.365 e. The van der Waals surface area contributed by atoms with Gasteiger partial charge in [-0.25, -0.2) is 4.98 Å². The molecule has 2 aromatic rings. The maximum atomic E-state index is 6.04. The molecule has 0 aliphatic carbocycles. The summed E-state index contributed by atoms with van der Waals surface area (Å²) in [6, 6.07) is 9.20. The molecule has 4 heteroatoms. The maximum Gasteiger partial charge on any atom is 0.0951 e. The van der Waals surface area contributed by atoms with Crippen LogP contribution < -0.4 is 10.6 Å². The van der Waals surface area contributed by atoms with Crippen molar-refractivity contribution in [3.63, 3.8) is 0 Å². The first-order chi connectivity index (χ1) is 10.1. The lowest BCUT2D eigenvalue weighted by molar-refractivity contribution is 0.533. The van der Waals surface area contributed by atoms with Crippen LogP contribution in [0.3, 0.4) is 0 Å². The largest absolute Gasteiger partial charge is 0.365 e. The molecule has 1 atom stereocenters. The molecule has 1 heterocycles. The van der Waals surface area contributed by atoms with Crippen LogP contribution in [0.4, 0.5) is 5.69 Å². The molecule has 2 rings (SSSR count). The molecule has 0 amide bonds. The normalized spacial score (nSPS) is 12.7. The standard InChI is InChI=1S/C17H26N4/c1-5-14-6-8-15(9-7-14)20(4)16(10-18)17-11-19-12-21(17)13(2)3/h6-9,11-13,16H,5,10,18H2,1-4H3. The highest BCUT2D eigenvalue weighted by Crippen LogP contribution is 2.26. The van der Waals surface area contributed by atoms with Crippen molar-refractivity contribution in [2.45, 2.75) is 39.3 Å². The molecule has 2 N–H and O–H groups in total. The SMILES string of the molecule is CCc1ccc(N(C)C(CN)c2cncn2C(C)C)cc1. The highest BCUT2D eigenvalue weighted by molar-refractivity contribution is 5.49. The maximum absolute atomic E-state index is 6.04. The van der Waals surface area contributed by atoms with Crippen LogP contribution in [0.2, 0.25) is 0 Å². The number of aromatic nitrogens is 2. The molecule has 0 bridgehead atoms. The molecule has 0 fully saturated rings. The molecule has 4 nitrogen and oxygen atoms in total. The van der Waals surface area contributed by atoms with E-state index in [1.54, 1.807) is 0 Å². The van der Waals surface area contributed by atoms with E-state index in [1.807, 2.05) is 12.5 Å². The van der Waals surface area contributed by atoms with Crippen LogP contribution in [-0.4, -0.2) is 23.1 Å². The molecule has 21 heavy (non-hydrogen) atoms. The Morgan fingerprint density at radius 1 is 1.24 bits per heavy atom. The first-order valence-electron chi connectivity index (χ1n) is 7.62. The van der Waals surface area contributed by atoms with Gasteiger partial charge >= 0.3 is 0 Å². The topological polar surface area (TPSA) is 47.1 Å². The predicted molar refractivity (Wildman–Crippen MR) is 88.6 cm³/mol. The molecule has 0 radical (unpaired) electrons. The van der Waals surface area contributed by atoms with Crippen LogP contribution in [0, 0.1) is 0 Å². The fourth-order valence-electron chi connectivity index (χ4n) is 2.63. The van der Waals surface area contributed by atoms with Gasteiger partial charge in [0.1, 0.15) is 0 Å². The summed E-state index contributed by atoms with van der Waals surface area (Å²) < 4.78 is 2.19. The average Bonchev–Trinajstić information content (AvgIpc) is 2.97. The first kappa shape index (κ1) is 15.6.